The summed E-state index contributed by atoms with van der Waals surface area (Å²) in [5, 5.41) is 0. The third kappa shape index (κ3) is 41.6. The van der Waals surface area contributed by atoms with E-state index in [1.54, 1.807) is 20.8 Å². The Bertz CT molecular complexity index is 755. The topological polar surface area (TPSA) is 78.9 Å². The first kappa shape index (κ1) is 47.0. The molecule has 264 valence electrons. The molecule has 0 aliphatic heterocycles. The van der Waals surface area contributed by atoms with Gasteiger partial charge in [-0.05, 0) is 33.6 Å². The Balaban J connectivity index is -0.000000650. The lowest BCUT2D eigenvalue weighted by molar-refractivity contribution is -0.139. The van der Waals surface area contributed by atoms with Gasteiger partial charge in [0.1, 0.15) is 0 Å². The number of esters is 3. The number of methoxy groups -OCH3 is 1. The molecule has 0 saturated carbocycles. The van der Waals surface area contributed by atoms with E-state index in [0.717, 1.165) is 12.8 Å². The predicted octanol–water partition coefficient (Wildman–Crippen LogP) is 11.6. The lowest BCUT2D eigenvalue weighted by Crippen LogP contribution is -2.05. The van der Waals surface area contributed by atoms with Crippen LogP contribution in [0.4, 0.5) is 0 Å². The molecule has 0 atom stereocenters. The van der Waals surface area contributed by atoms with Crippen LogP contribution in [0.5, 0.6) is 0 Å². The highest BCUT2D eigenvalue weighted by Crippen LogP contribution is 2.12. The van der Waals surface area contributed by atoms with E-state index in [9.17, 15) is 14.4 Å². The fourth-order valence-corrected chi connectivity index (χ4v) is 4.28. The number of carbonyl (C=O) groups excluding carboxylic acids is 3. The predicted molar refractivity (Wildman–Crippen MR) is 191 cm³/mol. The summed E-state index contributed by atoms with van der Waals surface area (Å²) in [5.41, 5.74) is 1.41. The molecular weight excluding hydrogens is 564 g/mol. The zero-order chi connectivity index (χ0) is 34.6. The fraction of sp³-hybridized carbons (Fsp3) is 0.769. The molecule has 0 heterocycles. The molecule has 0 bridgehead atoms. The number of rotatable bonds is 27. The summed E-state index contributed by atoms with van der Waals surface area (Å²) in [6, 6.07) is 0. The van der Waals surface area contributed by atoms with Crippen LogP contribution in [0, 0.1) is 0 Å². The molecule has 0 spiro atoms. The first-order chi connectivity index (χ1) is 21.5. The minimum absolute atomic E-state index is 0.256. The lowest BCUT2D eigenvalue weighted by Gasteiger charge is -2.04. The largest absolute Gasteiger partial charge is 0.466 e. The van der Waals surface area contributed by atoms with Crippen LogP contribution in [-0.4, -0.2) is 38.2 Å². The molecule has 45 heavy (non-hydrogen) atoms. The molecule has 0 aliphatic carbocycles. The molecular formula is C39H72O6. The van der Waals surface area contributed by atoms with Gasteiger partial charge < -0.3 is 14.2 Å². The Morgan fingerprint density at radius 1 is 0.400 bits per heavy atom. The number of unbranched alkanes of at least 4 members (excludes halogenated alkanes) is 20. The van der Waals surface area contributed by atoms with Crippen molar-refractivity contribution in [1.82, 2.24) is 0 Å². The van der Waals surface area contributed by atoms with Crippen molar-refractivity contribution in [2.45, 2.75) is 176 Å². The van der Waals surface area contributed by atoms with E-state index in [4.69, 9.17) is 9.47 Å². The van der Waals surface area contributed by atoms with Crippen LogP contribution in [0.3, 0.4) is 0 Å². The van der Waals surface area contributed by atoms with Crippen LogP contribution in [-0.2, 0) is 28.6 Å². The van der Waals surface area contributed by atoms with Gasteiger partial charge in [-0.3, -0.25) is 0 Å². The fourth-order valence-electron chi connectivity index (χ4n) is 4.28. The van der Waals surface area contributed by atoms with Crippen molar-refractivity contribution in [2.75, 3.05) is 20.3 Å². The molecule has 0 fully saturated rings. The average Bonchev–Trinajstić information content (AvgIpc) is 3.01. The van der Waals surface area contributed by atoms with Crippen LogP contribution in [0.1, 0.15) is 176 Å². The van der Waals surface area contributed by atoms with Gasteiger partial charge in [-0.15, -0.1) is 0 Å². The monoisotopic (exact) mass is 637 g/mol. The summed E-state index contributed by atoms with van der Waals surface area (Å²) < 4.78 is 14.4. The second-order valence-electron chi connectivity index (χ2n) is 12.2. The molecule has 0 radical (unpaired) electrons. The van der Waals surface area contributed by atoms with Crippen molar-refractivity contribution in [3.05, 3.63) is 36.5 Å². The summed E-state index contributed by atoms with van der Waals surface area (Å²) in [5.74, 6) is -0.862. The molecule has 0 unspecified atom stereocenters. The van der Waals surface area contributed by atoms with Gasteiger partial charge in [0.25, 0.3) is 0 Å². The van der Waals surface area contributed by atoms with Crippen molar-refractivity contribution in [3.8, 4) is 0 Å². The minimum Gasteiger partial charge on any atom is -0.466 e. The van der Waals surface area contributed by atoms with Crippen LogP contribution in [0.15, 0.2) is 36.5 Å². The molecule has 6 nitrogen and oxygen atoms in total. The summed E-state index contributed by atoms with van der Waals surface area (Å²) in [6.07, 6.45) is 28.8. The van der Waals surface area contributed by atoms with E-state index in [1.165, 1.54) is 136 Å². The Morgan fingerprint density at radius 3 is 0.800 bits per heavy atom. The number of ether oxygens (including phenoxy) is 3. The van der Waals surface area contributed by atoms with Crippen LogP contribution >= 0.6 is 0 Å². The maximum Gasteiger partial charge on any atom is 0.333 e. The Hall–Kier alpha value is -2.37. The maximum absolute atomic E-state index is 11.1. The smallest absolute Gasteiger partial charge is 0.333 e. The number of carbonyl (C=O) groups is 3. The first-order valence-electron chi connectivity index (χ1n) is 17.9. The molecule has 0 rings (SSSR count). The van der Waals surface area contributed by atoms with Gasteiger partial charge in [-0.2, -0.15) is 0 Å². The van der Waals surface area contributed by atoms with Gasteiger partial charge in [-0.1, -0.05) is 162 Å². The van der Waals surface area contributed by atoms with Crippen molar-refractivity contribution in [2.24, 2.45) is 0 Å². The first-order valence-corrected chi connectivity index (χ1v) is 17.9. The molecule has 0 aromatic rings. The number of hydrogen-bond acceptors (Lipinski definition) is 6. The van der Waals surface area contributed by atoms with Crippen molar-refractivity contribution in [3.63, 3.8) is 0 Å². The summed E-state index contributed by atoms with van der Waals surface area (Å²) >= 11 is 0. The van der Waals surface area contributed by atoms with E-state index in [-0.39, 0.29) is 17.9 Å². The van der Waals surface area contributed by atoms with E-state index in [1.807, 2.05) is 0 Å². The van der Waals surface area contributed by atoms with Gasteiger partial charge in [0.2, 0.25) is 0 Å². The van der Waals surface area contributed by atoms with Gasteiger partial charge in [-0.25, -0.2) is 14.4 Å². The molecule has 0 aromatic heterocycles. The van der Waals surface area contributed by atoms with Crippen LogP contribution < -0.4 is 0 Å². The second-order valence-corrected chi connectivity index (χ2v) is 12.2. The highest BCUT2D eigenvalue weighted by Gasteiger charge is 2.03. The van der Waals surface area contributed by atoms with Crippen molar-refractivity contribution >= 4 is 17.9 Å². The van der Waals surface area contributed by atoms with Gasteiger partial charge in [0.05, 0.1) is 20.3 Å². The lowest BCUT2D eigenvalue weighted by atomic mass is 10.1. The normalized spacial score (nSPS) is 10.0. The zero-order valence-electron chi connectivity index (χ0n) is 30.5. The van der Waals surface area contributed by atoms with Crippen LogP contribution in [0.25, 0.3) is 0 Å². The third-order valence-electron chi connectivity index (χ3n) is 7.19. The molecule has 0 N–H and O–H groups in total. The third-order valence-corrected chi connectivity index (χ3v) is 7.19. The van der Waals surface area contributed by atoms with E-state index in [2.05, 4.69) is 38.3 Å². The van der Waals surface area contributed by atoms with E-state index < -0.39 is 0 Å². The van der Waals surface area contributed by atoms with Crippen molar-refractivity contribution in [1.29, 1.82) is 0 Å². The highest BCUT2D eigenvalue weighted by atomic mass is 16.5. The quantitative estimate of drug-likeness (QED) is 0.0386. The minimum atomic E-state index is -0.347. The Morgan fingerprint density at radius 2 is 0.622 bits per heavy atom. The second kappa shape index (κ2) is 37.8. The molecule has 0 amide bonds. The molecule has 0 saturated heterocycles. The number of hydrogen-bond donors (Lipinski definition) is 0. The van der Waals surface area contributed by atoms with Gasteiger partial charge in [0.15, 0.2) is 0 Å². The molecule has 6 heteroatoms. The molecule has 0 aromatic carbocycles. The average molecular weight is 637 g/mol. The summed E-state index contributed by atoms with van der Waals surface area (Å²) in [4.78, 5) is 32.4. The summed E-state index contributed by atoms with van der Waals surface area (Å²) in [7, 11) is 1.33. The van der Waals surface area contributed by atoms with Crippen LogP contribution in [0.2, 0.25) is 0 Å². The van der Waals surface area contributed by atoms with E-state index in [0.29, 0.717) is 29.9 Å². The standard InChI is InChI=1S/C18H34O2.C16H30O2.C5H8O2/c1-4-5-6-7-8-9-10-11-12-13-14-15-16-20-18(19)17(2)3;1-4-5-6-7-8-9-10-11-12-13-14-18-16(17)15(2)3;1-4(2)5(6)7-3/h2,4-16H2,1,3H3;2,4-14H2,1,3H3;1H2,2-3H3. The summed E-state index contributed by atoms with van der Waals surface area (Å²) in [6.45, 7) is 21.0. The highest BCUT2D eigenvalue weighted by molar-refractivity contribution is 5.87. The van der Waals surface area contributed by atoms with Gasteiger partial charge >= 0.3 is 17.9 Å². The zero-order valence-corrected chi connectivity index (χ0v) is 30.5. The Kier molecular flexibility index (Phi) is 39.5. The van der Waals surface area contributed by atoms with E-state index >= 15 is 0 Å². The van der Waals surface area contributed by atoms with Crippen molar-refractivity contribution < 1.29 is 28.6 Å². The Labute approximate surface area is 278 Å². The SMILES string of the molecule is C=C(C)C(=O)OC.C=C(C)C(=O)OCCCCCCCCCCCC.C=C(C)C(=O)OCCCCCCCCCCCCCC. The van der Waals surface area contributed by atoms with Gasteiger partial charge in [0, 0.05) is 16.7 Å². The maximum atomic E-state index is 11.1. The molecule has 0 aliphatic rings.